The number of nitrogens with one attached hydrogen (secondary N) is 1. The van der Waals surface area contributed by atoms with Gasteiger partial charge in [-0.1, -0.05) is 105 Å². The van der Waals surface area contributed by atoms with E-state index in [0.29, 0.717) is 43.2 Å². The molecule has 6 aliphatic carbocycles. The van der Waals surface area contributed by atoms with E-state index in [1.807, 2.05) is 67.6 Å². The molecule has 3 aromatic rings. The van der Waals surface area contributed by atoms with Crippen molar-refractivity contribution in [3.8, 4) is 5.75 Å². The van der Waals surface area contributed by atoms with Crippen LogP contribution >= 0.6 is 0 Å². The van der Waals surface area contributed by atoms with Crippen molar-refractivity contribution in [1.29, 1.82) is 0 Å². The fraction of sp³-hybridized carbons (Fsp3) is 0.478. The molecule has 9 rings (SSSR count). The summed E-state index contributed by atoms with van der Waals surface area (Å²) in [6.07, 6.45) is 6.06. The van der Waals surface area contributed by atoms with Crippen molar-refractivity contribution in [3.05, 3.63) is 125 Å². The van der Waals surface area contributed by atoms with Crippen LogP contribution in [0.3, 0.4) is 0 Å². The van der Waals surface area contributed by atoms with Gasteiger partial charge in [-0.2, -0.15) is 0 Å². The van der Waals surface area contributed by atoms with E-state index < -0.39 is 40.3 Å². The van der Waals surface area contributed by atoms with Crippen LogP contribution in [0.2, 0.25) is 0 Å². The van der Waals surface area contributed by atoms with Crippen molar-refractivity contribution in [2.75, 3.05) is 6.54 Å². The van der Waals surface area contributed by atoms with E-state index in [0.717, 1.165) is 24.0 Å². The Morgan fingerprint density at radius 2 is 1.50 bits per heavy atom. The van der Waals surface area contributed by atoms with Crippen LogP contribution in [0.1, 0.15) is 93.2 Å². The molecule has 0 heterocycles. The van der Waals surface area contributed by atoms with Gasteiger partial charge in [-0.15, -0.1) is 13.2 Å². The number of ether oxygens (including phenoxy) is 1. The highest BCUT2D eigenvalue weighted by Gasteiger charge is 2.74. The van der Waals surface area contributed by atoms with Crippen LogP contribution in [0, 0.1) is 33.5 Å². The van der Waals surface area contributed by atoms with Gasteiger partial charge in [0.2, 0.25) is 0 Å². The Kier molecular flexibility index (Phi) is 9.35. The number of carbonyl (C=O) groups is 2. The third-order valence-electron chi connectivity index (χ3n) is 14.9. The van der Waals surface area contributed by atoms with Gasteiger partial charge in [0, 0.05) is 33.9 Å². The Morgan fingerprint density at radius 1 is 0.875 bits per heavy atom. The van der Waals surface area contributed by atoms with Crippen molar-refractivity contribution in [2.24, 2.45) is 33.5 Å². The molecule has 0 aromatic heterocycles. The molecule has 0 radical (unpaired) electrons. The first-order valence-corrected chi connectivity index (χ1v) is 19.9. The molecule has 2 bridgehead atoms. The van der Waals surface area contributed by atoms with Crippen LogP contribution in [0.15, 0.2) is 109 Å². The molecule has 3 saturated carbocycles. The summed E-state index contributed by atoms with van der Waals surface area (Å²) in [5.74, 6) is -0.384. The fourth-order valence-corrected chi connectivity index (χ4v) is 12.0. The van der Waals surface area contributed by atoms with Gasteiger partial charge < -0.3 is 25.2 Å². The molecule has 3 N–H and O–H groups in total. The molecule has 3 aromatic carbocycles. The lowest BCUT2D eigenvalue weighted by atomic mass is 9.32. The van der Waals surface area contributed by atoms with Crippen LogP contribution in [0.5, 0.6) is 5.75 Å². The summed E-state index contributed by atoms with van der Waals surface area (Å²) in [7, 11) is 0. The van der Waals surface area contributed by atoms with Gasteiger partial charge in [0.25, 0.3) is 0 Å². The van der Waals surface area contributed by atoms with Gasteiger partial charge in [0.05, 0.1) is 24.3 Å². The third-order valence-corrected chi connectivity index (χ3v) is 14.9. The summed E-state index contributed by atoms with van der Waals surface area (Å²) in [5.41, 5.74) is -0.504. The summed E-state index contributed by atoms with van der Waals surface area (Å²) in [6, 6.07) is 23.6. The van der Waals surface area contributed by atoms with Crippen LogP contribution < -0.4 is 10.1 Å². The maximum absolute atomic E-state index is 14.8. The maximum Gasteiger partial charge on any atom is 0.573 e. The highest BCUT2D eigenvalue weighted by atomic mass is 19.4. The number of fused-ring (bicyclic) bond motifs is 1. The molecule has 9 atom stereocenters. The summed E-state index contributed by atoms with van der Waals surface area (Å²) >= 11 is 0. The molecule has 296 valence electrons. The number of aliphatic hydroxyl groups is 2. The highest BCUT2D eigenvalue weighted by Crippen LogP contribution is 2.78. The first-order valence-electron chi connectivity index (χ1n) is 19.9. The topological polar surface area (TPSA) is 99.1 Å². The Morgan fingerprint density at radius 3 is 2.18 bits per heavy atom. The molecule has 0 saturated heterocycles. The minimum Gasteiger partial charge on any atom is -0.406 e. The zero-order valence-corrected chi connectivity index (χ0v) is 32.2. The number of urea groups is 1. The molecule has 2 amide bonds. The number of nitrogens with zero attached hydrogens (tertiary/aromatic N) is 1. The number of benzene rings is 3. The zero-order valence-electron chi connectivity index (χ0n) is 32.2. The number of hydrogen-bond donors (Lipinski definition) is 3. The smallest absolute Gasteiger partial charge is 0.406 e. The Bertz CT molecular complexity index is 2040. The lowest BCUT2D eigenvalue weighted by molar-refractivity contribution is -0.274. The number of amides is 2. The maximum atomic E-state index is 14.8. The number of hydrogen-bond acceptors (Lipinski definition) is 5. The minimum absolute atomic E-state index is 0.0162. The van der Waals surface area contributed by atoms with E-state index in [2.05, 4.69) is 42.1 Å². The first kappa shape index (κ1) is 38.5. The molecule has 2 spiro atoms. The molecule has 56 heavy (non-hydrogen) atoms. The van der Waals surface area contributed by atoms with Crippen LogP contribution in [0.4, 0.5) is 18.0 Å². The Labute approximate surface area is 326 Å². The number of aliphatic hydroxyl groups excluding tert-OH is 1. The zero-order chi connectivity index (χ0) is 39.7. The number of carbonyl (C=O) groups excluding carboxylic acids is 2. The van der Waals surface area contributed by atoms with E-state index in [1.54, 1.807) is 4.90 Å². The second kappa shape index (κ2) is 13.6. The average molecular weight is 769 g/mol. The number of alkyl halides is 3. The normalized spacial score (nSPS) is 34.7. The summed E-state index contributed by atoms with van der Waals surface area (Å²) in [6.45, 7) is 6.38. The summed E-state index contributed by atoms with van der Waals surface area (Å²) < 4.78 is 42.9. The van der Waals surface area contributed by atoms with Crippen molar-refractivity contribution in [2.45, 2.75) is 96.4 Å². The second-order valence-electron chi connectivity index (χ2n) is 17.6. The molecule has 6 aliphatic rings. The third kappa shape index (κ3) is 6.10. The van der Waals surface area contributed by atoms with Crippen LogP contribution in [0.25, 0.3) is 0 Å². The van der Waals surface area contributed by atoms with E-state index >= 15 is 0 Å². The lowest BCUT2D eigenvalue weighted by Gasteiger charge is -2.71. The van der Waals surface area contributed by atoms with Crippen molar-refractivity contribution in [1.82, 2.24) is 10.2 Å². The molecule has 7 nitrogen and oxygen atoms in total. The van der Waals surface area contributed by atoms with Crippen molar-refractivity contribution < 1.29 is 37.7 Å². The number of Topliss-reactive ketones (excluding diaryl/α,β-unsaturated/α-hetero) is 1. The van der Waals surface area contributed by atoms with E-state index in [-0.39, 0.29) is 47.9 Å². The highest BCUT2D eigenvalue weighted by molar-refractivity contribution is 6.10. The van der Waals surface area contributed by atoms with Crippen LogP contribution in [-0.4, -0.2) is 51.5 Å². The number of allylic oxidation sites excluding steroid dienone is 4. The SMILES string of the molecule is CC(NC(=O)N(Cc1ccc(OC(F)(F)F)cc1)CC1(O)CCC2C34C=CC5(C=C3C(=O)c3ccccc3)CC(O)CCC5(C)C4CCC21C)c1ccccc1. The molecule has 0 aliphatic heterocycles. The molecule has 10 heteroatoms. The minimum atomic E-state index is -4.83. The molecule has 9 unspecified atom stereocenters. The first-order chi connectivity index (χ1) is 26.5. The van der Waals surface area contributed by atoms with Gasteiger partial charge in [-0.3, -0.25) is 4.79 Å². The van der Waals surface area contributed by atoms with Gasteiger partial charge in [-0.25, -0.2) is 4.79 Å². The van der Waals surface area contributed by atoms with Crippen molar-refractivity contribution in [3.63, 3.8) is 0 Å². The van der Waals surface area contributed by atoms with Gasteiger partial charge in [-0.05, 0) is 92.4 Å². The summed E-state index contributed by atoms with van der Waals surface area (Å²) in [4.78, 5) is 30.7. The number of halogens is 3. The fourth-order valence-electron chi connectivity index (χ4n) is 12.0. The van der Waals surface area contributed by atoms with Crippen LogP contribution in [-0.2, 0) is 6.54 Å². The number of rotatable bonds is 9. The van der Waals surface area contributed by atoms with E-state index in [9.17, 15) is 33.0 Å². The van der Waals surface area contributed by atoms with Gasteiger partial charge >= 0.3 is 12.4 Å². The predicted molar refractivity (Wildman–Crippen MR) is 206 cm³/mol. The van der Waals surface area contributed by atoms with Gasteiger partial charge in [0.1, 0.15) is 5.75 Å². The second-order valence-corrected chi connectivity index (χ2v) is 17.6. The Hall–Kier alpha value is -4.41. The summed E-state index contributed by atoms with van der Waals surface area (Å²) in [5, 5.41) is 27.2. The predicted octanol–water partition coefficient (Wildman–Crippen LogP) is 9.33. The molecule has 3 fully saturated rings. The van der Waals surface area contributed by atoms with Gasteiger partial charge in [0.15, 0.2) is 5.78 Å². The number of ketones is 1. The Balaban J connectivity index is 1.15. The van der Waals surface area contributed by atoms with Crippen molar-refractivity contribution >= 4 is 11.8 Å². The standard InChI is InChI=1S/C46H51F3N2O5/c1-30(32-10-6-4-7-11-32)50-40(54)51(28-31-14-16-35(17-15-31)56-46(47,48)49)29-44(55)23-20-38-42(44,3)22-19-37-41(2)21-18-34(52)26-43(41)24-25-45(37,38)36(27-43)39(53)33-12-8-5-9-13-33/h4-17,24-25,27,30,34,37-38,52,55H,18-23,26,28-29H2,1-3H3,(H,50,54). The molecular formula is C46H51F3N2O5. The van der Waals surface area contributed by atoms with E-state index in [1.165, 1.54) is 24.3 Å². The average Bonchev–Trinajstić information content (AvgIpc) is 3.44. The quantitative estimate of drug-likeness (QED) is 0.149. The monoisotopic (exact) mass is 768 g/mol. The molecular weight excluding hydrogens is 718 g/mol. The lowest BCUT2D eigenvalue weighted by Crippen LogP contribution is -2.67. The van der Waals surface area contributed by atoms with E-state index in [4.69, 9.17) is 0 Å². The largest absolute Gasteiger partial charge is 0.573 e.